The van der Waals surface area contributed by atoms with Gasteiger partial charge in [-0.1, -0.05) is 30.4 Å². The molecule has 2 aliphatic rings. The Bertz CT molecular complexity index is 542. The summed E-state index contributed by atoms with van der Waals surface area (Å²) < 4.78 is 0. The molecule has 19 heavy (non-hydrogen) atoms. The molecule has 98 valence electrons. The average molecular weight is 255 g/mol. The third-order valence-electron chi connectivity index (χ3n) is 4.17. The largest absolute Gasteiger partial charge is 0.274 e. The molecule has 1 aromatic carbocycles. The van der Waals surface area contributed by atoms with E-state index in [-0.39, 0.29) is 23.7 Å². The Labute approximate surface area is 112 Å². The predicted molar refractivity (Wildman–Crippen MR) is 73.8 cm³/mol. The van der Waals surface area contributed by atoms with Gasteiger partial charge in [-0.2, -0.15) is 0 Å². The van der Waals surface area contributed by atoms with E-state index in [1.165, 1.54) is 4.90 Å². The predicted octanol–water partition coefficient (Wildman–Crippen LogP) is 2.76. The Morgan fingerprint density at radius 3 is 1.89 bits per heavy atom. The molecule has 2 amide bonds. The number of anilines is 1. The van der Waals surface area contributed by atoms with Crippen molar-refractivity contribution in [2.45, 2.75) is 26.7 Å². The molecule has 0 N–H and O–H groups in total. The first-order valence-electron chi connectivity index (χ1n) is 6.70. The zero-order chi connectivity index (χ0) is 13.6. The van der Waals surface area contributed by atoms with Crippen molar-refractivity contribution >= 4 is 17.5 Å². The molecule has 0 aromatic heterocycles. The molecule has 1 heterocycles. The van der Waals surface area contributed by atoms with E-state index in [1.807, 2.05) is 44.2 Å². The number of carbonyl (C=O) groups is 2. The minimum Gasteiger partial charge on any atom is -0.274 e. The normalized spacial score (nSPS) is 25.9. The SMILES string of the molecule is Cc1cccc(C)c1N1C(=O)[C@@H]2CC=CC[C@H]2C1=O. The molecule has 1 aliphatic heterocycles. The van der Waals surface area contributed by atoms with Crippen LogP contribution < -0.4 is 4.90 Å². The lowest BCUT2D eigenvalue weighted by atomic mass is 9.85. The van der Waals surface area contributed by atoms with Crippen molar-refractivity contribution in [2.24, 2.45) is 11.8 Å². The van der Waals surface area contributed by atoms with Crippen LogP contribution in [0.4, 0.5) is 5.69 Å². The van der Waals surface area contributed by atoms with Gasteiger partial charge in [-0.05, 0) is 37.8 Å². The van der Waals surface area contributed by atoms with Crippen LogP contribution in [-0.2, 0) is 9.59 Å². The van der Waals surface area contributed by atoms with Gasteiger partial charge in [0.1, 0.15) is 0 Å². The van der Waals surface area contributed by atoms with Crippen molar-refractivity contribution in [3.8, 4) is 0 Å². The van der Waals surface area contributed by atoms with E-state index in [9.17, 15) is 9.59 Å². The highest BCUT2D eigenvalue weighted by Gasteiger charge is 2.48. The van der Waals surface area contributed by atoms with Gasteiger partial charge in [0.2, 0.25) is 11.8 Å². The van der Waals surface area contributed by atoms with Crippen LogP contribution in [0, 0.1) is 25.7 Å². The summed E-state index contributed by atoms with van der Waals surface area (Å²) in [5.41, 5.74) is 2.74. The van der Waals surface area contributed by atoms with Gasteiger partial charge in [-0.25, -0.2) is 4.90 Å². The van der Waals surface area contributed by atoms with Gasteiger partial charge in [-0.15, -0.1) is 0 Å². The Kier molecular flexibility index (Phi) is 2.77. The van der Waals surface area contributed by atoms with E-state index in [2.05, 4.69) is 0 Å². The van der Waals surface area contributed by atoms with Crippen LogP contribution >= 0.6 is 0 Å². The fraction of sp³-hybridized carbons (Fsp3) is 0.375. The van der Waals surface area contributed by atoms with E-state index < -0.39 is 0 Å². The Morgan fingerprint density at radius 1 is 0.947 bits per heavy atom. The molecule has 1 fully saturated rings. The van der Waals surface area contributed by atoms with Crippen molar-refractivity contribution < 1.29 is 9.59 Å². The molecule has 0 saturated carbocycles. The van der Waals surface area contributed by atoms with Crippen molar-refractivity contribution in [1.29, 1.82) is 0 Å². The lowest BCUT2D eigenvalue weighted by Crippen LogP contribution is -2.32. The lowest BCUT2D eigenvalue weighted by molar-refractivity contribution is -0.122. The lowest BCUT2D eigenvalue weighted by Gasteiger charge is -2.19. The summed E-state index contributed by atoms with van der Waals surface area (Å²) in [5, 5.41) is 0. The van der Waals surface area contributed by atoms with E-state index >= 15 is 0 Å². The second kappa shape index (κ2) is 4.34. The van der Waals surface area contributed by atoms with Gasteiger partial charge in [0, 0.05) is 0 Å². The first-order chi connectivity index (χ1) is 9.11. The smallest absolute Gasteiger partial charge is 0.238 e. The molecule has 3 rings (SSSR count). The van der Waals surface area contributed by atoms with Crippen LogP contribution in [0.2, 0.25) is 0 Å². The van der Waals surface area contributed by atoms with E-state index in [4.69, 9.17) is 0 Å². The van der Waals surface area contributed by atoms with Crippen molar-refractivity contribution in [3.05, 3.63) is 41.5 Å². The minimum atomic E-state index is -0.156. The van der Waals surface area contributed by atoms with E-state index in [1.54, 1.807) is 0 Å². The molecule has 0 radical (unpaired) electrons. The van der Waals surface area contributed by atoms with Crippen LogP contribution in [0.15, 0.2) is 30.4 Å². The van der Waals surface area contributed by atoms with Gasteiger partial charge >= 0.3 is 0 Å². The fourth-order valence-electron chi connectivity index (χ4n) is 3.18. The number of hydrogen-bond acceptors (Lipinski definition) is 2. The number of para-hydroxylation sites is 1. The van der Waals surface area contributed by atoms with Crippen LogP contribution in [0.5, 0.6) is 0 Å². The third kappa shape index (κ3) is 1.72. The summed E-state index contributed by atoms with van der Waals surface area (Å²) in [4.78, 5) is 26.5. The Hall–Kier alpha value is -1.90. The number of amides is 2. The van der Waals surface area contributed by atoms with Crippen LogP contribution in [0.3, 0.4) is 0 Å². The number of rotatable bonds is 1. The number of fused-ring (bicyclic) bond motifs is 1. The number of benzene rings is 1. The van der Waals surface area contributed by atoms with E-state index in [0.717, 1.165) is 16.8 Å². The van der Waals surface area contributed by atoms with E-state index in [0.29, 0.717) is 12.8 Å². The molecule has 2 atom stereocenters. The molecular weight excluding hydrogens is 238 g/mol. The first kappa shape index (κ1) is 12.2. The van der Waals surface area contributed by atoms with Crippen LogP contribution in [0.1, 0.15) is 24.0 Å². The maximum Gasteiger partial charge on any atom is 0.238 e. The fourth-order valence-corrected chi connectivity index (χ4v) is 3.18. The molecular formula is C16H17NO2. The molecule has 3 heteroatoms. The topological polar surface area (TPSA) is 37.4 Å². The number of allylic oxidation sites excluding steroid dienone is 2. The highest BCUT2D eigenvalue weighted by molar-refractivity contribution is 6.22. The summed E-state index contributed by atoms with van der Waals surface area (Å²) in [6, 6.07) is 5.85. The van der Waals surface area contributed by atoms with Gasteiger partial charge in [-0.3, -0.25) is 9.59 Å². The standard InChI is InChI=1S/C16H17NO2/c1-10-6-5-7-11(2)14(10)17-15(18)12-8-3-4-9-13(12)16(17)19/h3-7,12-13H,8-9H2,1-2H3/t12-,13-/m1/s1. The average Bonchev–Trinajstić information content (AvgIpc) is 2.64. The van der Waals surface area contributed by atoms with Gasteiger partial charge in [0.15, 0.2) is 0 Å². The quantitative estimate of drug-likeness (QED) is 0.571. The molecule has 1 aromatic rings. The number of aryl methyl sites for hydroxylation is 2. The molecule has 0 unspecified atom stereocenters. The number of nitrogens with zero attached hydrogens (tertiary/aromatic N) is 1. The summed E-state index contributed by atoms with van der Waals surface area (Å²) in [7, 11) is 0. The highest BCUT2D eigenvalue weighted by Crippen LogP contribution is 2.39. The highest BCUT2D eigenvalue weighted by atomic mass is 16.2. The third-order valence-corrected chi connectivity index (χ3v) is 4.17. The zero-order valence-corrected chi connectivity index (χ0v) is 11.2. The molecule has 0 bridgehead atoms. The summed E-state index contributed by atoms with van der Waals surface area (Å²) in [6.07, 6.45) is 5.41. The van der Waals surface area contributed by atoms with Gasteiger partial charge < -0.3 is 0 Å². The van der Waals surface area contributed by atoms with Gasteiger partial charge in [0.25, 0.3) is 0 Å². The van der Waals surface area contributed by atoms with Crippen molar-refractivity contribution in [1.82, 2.24) is 0 Å². The second-order valence-electron chi connectivity index (χ2n) is 5.41. The van der Waals surface area contributed by atoms with Crippen molar-refractivity contribution in [2.75, 3.05) is 4.90 Å². The molecule has 0 spiro atoms. The maximum atomic E-state index is 12.5. The summed E-state index contributed by atoms with van der Waals surface area (Å²) >= 11 is 0. The zero-order valence-electron chi connectivity index (χ0n) is 11.2. The molecule has 1 saturated heterocycles. The van der Waals surface area contributed by atoms with Crippen LogP contribution in [-0.4, -0.2) is 11.8 Å². The number of hydrogen-bond donors (Lipinski definition) is 0. The summed E-state index contributed by atoms with van der Waals surface area (Å²) in [6.45, 7) is 3.90. The number of carbonyl (C=O) groups excluding carboxylic acids is 2. The minimum absolute atomic E-state index is 0.0308. The Morgan fingerprint density at radius 2 is 1.42 bits per heavy atom. The molecule has 3 nitrogen and oxygen atoms in total. The second-order valence-corrected chi connectivity index (χ2v) is 5.41. The molecule has 1 aliphatic carbocycles. The van der Waals surface area contributed by atoms with Crippen molar-refractivity contribution in [3.63, 3.8) is 0 Å². The first-order valence-corrected chi connectivity index (χ1v) is 6.70. The van der Waals surface area contributed by atoms with Gasteiger partial charge in [0.05, 0.1) is 17.5 Å². The maximum absolute atomic E-state index is 12.5. The monoisotopic (exact) mass is 255 g/mol. The summed E-state index contributed by atoms with van der Waals surface area (Å²) in [5.74, 6) is -0.374. The number of imide groups is 1. The Balaban J connectivity index is 2.07. The van der Waals surface area contributed by atoms with Crippen LogP contribution in [0.25, 0.3) is 0 Å².